The van der Waals surface area contributed by atoms with Crippen molar-refractivity contribution in [2.24, 2.45) is 0 Å². The maximum absolute atomic E-state index is 13.4. The van der Waals surface area contributed by atoms with Crippen molar-refractivity contribution < 1.29 is 13.9 Å². The Labute approximate surface area is 170 Å². The van der Waals surface area contributed by atoms with Gasteiger partial charge in [0.1, 0.15) is 11.6 Å². The number of aryl methyl sites for hydroxylation is 1. The Morgan fingerprint density at radius 1 is 1.14 bits per heavy atom. The van der Waals surface area contributed by atoms with Gasteiger partial charge < -0.3 is 9.64 Å². The van der Waals surface area contributed by atoms with Crippen LogP contribution in [0, 0.1) is 5.82 Å². The first-order valence-corrected chi connectivity index (χ1v) is 9.77. The van der Waals surface area contributed by atoms with Gasteiger partial charge in [-0.25, -0.2) is 9.07 Å². The highest BCUT2D eigenvalue weighted by Crippen LogP contribution is 2.32. The number of para-hydroxylation sites is 1. The number of rotatable bonds is 7. The highest BCUT2D eigenvalue weighted by Gasteiger charge is 2.24. The Morgan fingerprint density at radius 3 is 2.34 bits per heavy atom. The van der Waals surface area contributed by atoms with E-state index >= 15 is 0 Å². The predicted molar refractivity (Wildman–Crippen MR) is 111 cm³/mol. The lowest BCUT2D eigenvalue weighted by Gasteiger charge is -2.25. The molecule has 0 atom stereocenters. The zero-order valence-electron chi connectivity index (χ0n) is 17.2. The number of carbonyl (C=O) groups excluding carboxylic acids is 1. The highest BCUT2D eigenvalue weighted by molar-refractivity contribution is 5.73. The van der Waals surface area contributed by atoms with E-state index in [0.29, 0.717) is 30.3 Å². The number of hydrogen-bond donors (Lipinski definition) is 0. The topological polar surface area (TPSA) is 47.4 Å². The number of halogens is 1. The number of amides is 1. The van der Waals surface area contributed by atoms with Gasteiger partial charge in [-0.15, -0.1) is 0 Å². The Kier molecular flexibility index (Phi) is 6.32. The summed E-state index contributed by atoms with van der Waals surface area (Å²) in [5.41, 5.74) is 2.38. The maximum atomic E-state index is 13.4. The van der Waals surface area contributed by atoms with Crippen molar-refractivity contribution in [3.8, 4) is 17.3 Å². The van der Waals surface area contributed by atoms with Crippen molar-refractivity contribution in [2.75, 3.05) is 0 Å². The number of nitrogens with zero attached hydrogens (tertiary/aromatic N) is 3. The molecule has 0 radical (unpaired) electrons. The molecule has 3 aromatic rings. The first kappa shape index (κ1) is 20.6. The zero-order chi connectivity index (χ0) is 21.0. The Hall–Kier alpha value is -3.15. The molecule has 0 bridgehead atoms. The van der Waals surface area contributed by atoms with E-state index in [4.69, 9.17) is 9.84 Å². The molecule has 3 rings (SSSR count). The molecular weight excluding hydrogens is 369 g/mol. The third kappa shape index (κ3) is 4.65. The summed E-state index contributed by atoms with van der Waals surface area (Å²) in [5.74, 6) is 0.873. The second-order valence-corrected chi connectivity index (χ2v) is 7.13. The summed E-state index contributed by atoms with van der Waals surface area (Å²) in [6, 6.07) is 15.6. The fourth-order valence-electron chi connectivity index (χ4n) is 3.21. The summed E-state index contributed by atoms with van der Waals surface area (Å²) in [5, 5.41) is 4.73. The molecule has 0 spiro atoms. The van der Waals surface area contributed by atoms with Gasteiger partial charge in [-0.2, -0.15) is 5.10 Å². The molecule has 6 heteroatoms. The molecule has 1 aromatic heterocycles. The Morgan fingerprint density at radius 2 is 1.79 bits per heavy atom. The molecule has 0 N–H and O–H groups in total. The van der Waals surface area contributed by atoms with Crippen molar-refractivity contribution in [2.45, 2.75) is 46.7 Å². The Bertz CT molecular complexity index is 966. The lowest BCUT2D eigenvalue weighted by atomic mass is 10.1. The molecule has 2 aromatic carbocycles. The van der Waals surface area contributed by atoms with E-state index < -0.39 is 0 Å². The molecule has 0 saturated heterocycles. The molecule has 0 saturated carbocycles. The summed E-state index contributed by atoms with van der Waals surface area (Å²) < 4.78 is 21.4. The van der Waals surface area contributed by atoms with Gasteiger partial charge in [0.25, 0.3) is 0 Å². The van der Waals surface area contributed by atoms with Crippen LogP contribution in [0.15, 0.2) is 54.6 Å². The van der Waals surface area contributed by atoms with Crippen LogP contribution in [0.4, 0.5) is 4.39 Å². The third-order valence-electron chi connectivity index (χ3n) is 4.74. The summed E-state index contributed by atoms with van der Waals surface area (Å²) >= 11 is 0. The van der Waals surface area contributed by atoms with Gasteiger partial charge >= 0.3 is 0 Å². The Balaban J connectivity index is 2.14. The molecule has 1 heterocycles. The molecule has 5 nitrogen and oxygen atoms in total. The van der Waals surface area contributed by atoms with Crippen molar-refractivity contribution in [3.05, 3.63) is 71.7 Å². The van der Waals surface area contributed by atoms with Crippen LogP contribution < -0.4 is 4.74 Å². The highest BCUT2D eigenvalue weighted by atomic mass is 19.1. The smallest absolute Gasteiger partial charge is 0.227 e. The number of carbonyl (C=O) groups is 1. The van der Waals surface area contributed by atoms with Crippen molar-refractivity contribution in [1.29, 1.82) is 0 Å². The van der Waals surface area contributed by atoms with Crippen molar-refractivity contribution >= 4 is 5.91 Å². The van der Waals surface area contributed by atoms with Gasteiger partial charge in [0, 0.05) is 13.0 Å². The molecule has 29 heavy (non-hydrogen) atoms. The number of ether oxygens (including phenoxy) is 1. The van der Waals surface area contributed by atoms with Crippen LogP contribution in [0.5, 0.6) is 11.6 Å². The molecule has 0 aliphatic rings. The monoisotopic (exact) mass is 395 g/mol. The van der Waals surface area contributed by atoms with Gasteiger partial charge in [-0.05, 0) is 56.7 Å². The van der Waals surface area contributed by atoms with E-state index in [1.807, 2.05) is 51.1 Å². The molecular formula is C23H26FN3O2. The number of hydrogen-bond acceptors (Lipinski definition) is 3. The van der Waals surface area contributed by atoms with Gasteiger partial charge in [0.15, 0.2) is 0 Å². The van der Waals surface area contributed by atoms with Crippen LogP contribution >= 0.6 is 0 Å². The van der Waals surface area contributed by atoms with Crippen LogP contribution in [0.3, 0.4) is 0 Å². The zero-order valence-corrected chi connectivity index (χ0v) is 17.2. The lowest BCUT2D eigenvalue weighted by Crippen LogP contribution is -2.34. The van der Waals surface area contributed by atoms with Crippen LogP contribution in [0.1, 0.15) is 39.0 Å². The first-order chi connectivity index (χ1) is 13.9. The van der Waals surface area contributed by atoms with Crippen LogP contribution in [-0.4, -0.2) is 26.6 Å². The predicted octanol–water partition coefficient (Wildman–Crippen LogP) is 5.12. The fraction of sp³-hybridized carbons (Fsp3) is 0.304. The molecule has 1 amide bonds. The summed E-state index contributed by atoms with van der Waals surface area (Å²) in [7, 11) is 0. The first-order valence-electron chi connectivity index (χ1n) is 9.77. The second kappa shape index (κ2) is 8.90. The van der Waals surface area contributed by atoms with E-state index in [1.165, 1.54) is 12.1 Å². The fourth-order valence-corrected chi connectivity index (χ4v) is 3.21. The normalized spacial score (nSPS) is 11.0. The van der Waals surface area contributed by atoms with Crippen molar-refractivity contribution in [3.63, 3.8) is 0 Å². The van der Waals surface area contributed by atoms with Crippen LogP contribution in [0.25, 0.3) is 5.69 Å². The largest absolute Gasteiger partial charge is 0.439 e. The standard InChI is InChI=1S/C23H26FN3O2/c1-5-22-21(15-26(16(2)3)17(4)28)23(29-20-9-7-6-8-10-20)27(25-22)19-13-11-18(24)12-14-19/h6-14,16H,5,15H2,1-4H3. The quantitative estimate of drug-likeness (QED) is 0.558. The summed E-state index contributed by atoms with van der Waals surface area (Å²) in [6.07, 6.45) is 0.679. The van der Waals surface area contributed by atoms with E-state index in [9.17, 15) is 9.18 Å². The second-order valence-electron chi connectivity index (χ2n) is 7.13. The maximum Gasteiger partial charge on any atom is 0.227 e. The minimum Gasteiger partial charge on any atom is -0.439 e. The molecule has 0 aliphatic heterocycles. The van der Waals surface area contributed by atoms with E-state index in [2.05, 4.69) is 0 Å². The summed E-state index contributed by atoms with van der Waals surface area (Å²) in [6.45, 7) is 7.93. The van der Waals surface area contributed by atoms with Gasteiger partial charge in [-0.3, -0.25) is 4.79 Å². The van der Waals surface area contributed by atoms with E-state index in [0.717, 1.165) is 11.3 Å². The minimum absolute atomic E-state index is 0.0118. The van der Waals surface area contributed by atoms with Crippen LogP contribution in [0.2, 0.25) is 0 Å². The van der Waals surface area contributed by atoms with Gasteiger partial charge in [0.2, 0.25) is 11.8 Å². The van der Waals surface area contributed by atoms with Gasteiger partial charge in [-0.1, -0.05) is 25.1 Å². The van der Waals surface area contributed by atoms with Crippen molar-refractivity contribution in [1.82, 2.24) is 14.7 Å². The minimum atomic E-state index is -0.315. The molecule has 0 unspecified atom stereocenters. The lowest BCUT2D eigenvalue weighted by molar-refractivity contribution is -0.131. The number of aromatic nitrogens is 2. The SMILES string of the molecule is CCc1nn(-c2ccc(F)cc2)c(Oc2ccccc2)c1CN(C(C)=O)C(C)C. The summed E-state index contributed by atoms with van der Waals surface area (Å²) in [4.78, 5) is 14.0. The molecule has 0 fully saturated rings. The van der Waals surface area contributed by atoms with E-state index in [-0.39, 0.29) is 17.8 Å². The average Bonchev–Trinajstić information content (AvgIpc) is 3.04. The van der Waals surface area contributed by atoms with Crippen LogP contribution in [-0.2, 0) is 17.8 Å². The van der Waals surface area contributed by atoms with E-state index in [1.54, 1.807) is 28.6 Å². The van der Waals surface area contributed by atoms with Gasteiger partial charge in [0.05, 0.1) is 23.5 Å². The average molecular weight is 395 g/mol. The number of benzene rings is 2. The molecule has 0 aliphatic carbocycles. The third-order valence-corrected chi connectivity index (χ3v) is 4.74. The molecule has 152 valence electrons.